The zero-order valence-corrected chi connectivity index (χ0v) is 14.2. The molecule has 4 heterocycles. The molecule has 126 valence electrons. The van der Waals surface area contributed by atoms with E-state index in [0.717, 1.165) is 54.4 Å². The maximum Gasteiger partial charge on any atom is 0.147 e. The first kappa shape index (κ1) is 14.6. The van der Waals surface area contributed by atoms with Crippen LogP contribution in [0.15, 0.2) is 43.0 Å². The Balaban J connectivity index is 1.34. The summed E-state index contributed by atoms with van der Waals surface area (Å²) in [6.07, 6.45) is 5.45. The van der Waals surface area contributed by atoms with Crippen molar-refractivity contribution in [2.75, 3.05) is 36.0 Å². The van der Waals surface area contributed by atoms with Crippen LogP contribution in [0.25, 0.3) is 11.0 Å². The zero-order valence-electron chi connectivity index (χ0n) is 14.2. The fraction of sp³-hybridized carbons (Fsp3) is 0.368. The van der Waals surface area contributed by atoms with Crippen molar-refractivity contribution in [3.05, 3.63) is 48.5 Å². The monoisotopic (exact) mass is 332 g/mol. The fourth-order valence-electron chi connectivity index (χ4n) is 4.18. The minimum Gasteiger partial charge on any atom is -0.356 e. The Labute approximate surface area is 146 Å². The summed E-state index contributed by atoms with van der Waals surface area (Å²) in [5, 5.41) is 0. The van der Waals surface area contributed by atoms with Crippen LogP contribution in [0.1, 0.15) is 5.56 Å². The van der Waals surface area contributed by atoms with Gasteiger partial charge in [-0.05, 0) is 19.1 Å². The summed E-state index contributed by atoms with van der Waals surface area (Å²) in [5.41, 5.74) is 3.08. The van der Waals surface area contributed by atoms with E-state index in [0.29, 0.717) is 11.8 Å². The number of aromatic nitrogens is 4. The summed E-state index contributed by atoms with van der Waals surface area (Å²) in [4.78, 5) is 22.7. The highest BCUT2D eigenvalue weighted by molar-refractivity contribution is 5.75. The quantitative estimate of drug-likeness (QED) is 0.718. The highest BCUT2D eigenvalue weighted by Crippen LogP contribution is 2.35. The lowest BCUT2D eigenvalue weighted by Gasteiger charge is -2.23. The van der Waals surface area contributed by atoms with Crippen LogP contribution in [0.5, 0.6) is 0 Å². The van der Waals surface area contributed by atoms with Crippen molar-refractivity contribution in [1.29, 1.82) is 0 Å². The Morgan fingerprint density at radius 2 is 1.60 bits per heavy atom. The minimum atomic E-state index is 0.655. The van der Waals surface area contributed by atoms with Crippen LogP contribution in [0, 0.1) is 18.8 Å². The van der Waals surface area contributed by atoms with Crippen LogP contribution in [0.2, 0.25) is 0 Å². The second kappa shape index (κ2) is 5.65. The van der Waals surface area contributed by atoms with Gasteiger partial charge in [-0.15, -0.1) is 0 Å². The predicted molar refractivity (Wildman–Crippen MR) is 97.7 cm³/mol. The Kier molecular flexibility index (Phi) is 3.29. The van der Waals surface area contributed by atoms with Gasteiger partial charge in [0.15, 0.2) is 0 Å². The fourth-order valence-corrected chi connectivity index (χ4v) is 4.18. The summed E-state index contributed by atoms with van der Waals surface area (Å²) in [5.74, 6) is 3.39. The molecule has 0 spiro atoms. The van der Waals surface area contributed by atoms with Crippen LogP contribution in [-0.2, 0) is 0 Å². The van der Waals surface area contributed by atoms with E-state index in [1.165, 1.54) is 0 Å². The summed E-state index contributed by atoms with van der Waals surface area (Å²) in [7, 11) is 0. The Bertz CT molecular complexity index is 912. The molecule has 2 fully saturated rings. The number of hydrogen-bond donors (Lipinski definition) is 0. The molecule has 2 aliphatic rings. The zero-order chi connectivity index (χ0) is 16.8. The maximum absolute atomic E-state index is 4.81. The van der Waals surface area contributed by atoms with Gasteiger partial charge in [0.1, 0.15) is 18.0 Å². The SMILES string of the molecule is Cc1cncnc1N1CC2CN(c3cnc4ccccc4n3)CC2C1. The number of rotatable bonds is 2. The minimum absolute atomic E-state index is 0.655. The van der Waals surface area contributed by atoms with E-state index in [-0.39, 0.29) is 0 Å². The largest absolute Gasteiger partial charge is 0.356 e. The molecule has 1 aromatic carbocycles. The highest BCUT2D eigenvalue weighted by atomic mass is 15.3. The topological polar surface area (TPSA) is 58.0 Å². The molecule has 2 aromatic heterocycles. The van der Waals surface area contributed by atoms with Crippen LogP contribution >= 0.6 is 0 Å². The van der Waals surface area contributed by atoms with E-state index in [1.807, 2.05) is 36.7 Å². The third-order valence-electron chi connectivity index (χ3n) is 5.41. The Hall–Kier alpha value is -2.76. The predicted octanol–water partition coefficient (Wildman–Crippen LogP) is 2.30. The molecule has 25 heavy (non-hydrogen) atoms. The van der Waals surface area contributed by atoms with E-state index >= 15 is 0 Å². The van der Waals surface area contributed by atoms with Gasteiger partial charge in [0.05, 0.1) is 17.2 Å². The Morgan fingerprint density at radius 3 is 2.36 bits per heavy atom. The molecule has 0 saturated carbocycles. The number of nitrogens with zero attached hydrogens (tertiary/aromatic N) is 6. The Morgan fingerprint density at radius 1 is 0.880 bits per heavy atom. The average molecular weight is 332 g/mol. The van der Waals surface area contributed by atoms with Crippen LogP contribution in [-0.4, -0.2) is 46.1 Å². The van der Waals surface area contributed by atoms with Crippen molar-refractivity contribution < 1.29 is 0 Å². The lowest BCUT2D eigenvalue weighted by molar-refractivity contribution is 0.533. The van der Waals surface area contributed by atoms with Crippen LogP contribution in [0.3, 0.4) is 0 Å². The van der Waals surface area contributed by atoms with Crippen molar-refractivity contribution in [2.45, 2.75) is 6.92 Å². The molecular weight excluding hydrogens is 312 g/mol. The first-order valence-electron chi connectivity index (χ1n) is 8.76. The summed E-state index contributed by atoms with van der Waals surface area (Å²) in [6, 6.07) is 8.05. The lowest BCUT2D eigenvalue weighted by atomic mass is 10.0. The van der Waals surface area contributed by atoms with E-state index in [1.54, 1.807) is 6.33 Å². The summed E-state index contributed by atoms with van der Waals surface area (Å²) < 4.78 is 0. The normalized spacial score (nSPS) is 22.6. The van der Waals surface area contributed by atoms with Crippen molar-refractivity contribution in [3.8, 4) is 0 Å². The highest BCUT2D eigenvalue weighted by Gasteiger charge is 2.41. The van der Waals surface area contributed by atoms with Gasteiger partial charge < -0.3 is 9.80 Å². The van der Waals surface area contributed by atoms with E-state index in [4.69, 9.17) is 4.98 Å². The van der Waals surface area contributed by atoms with E-state index in [2.05, 4.69) is 31.7 Å². The molecule has 2 aliphatic heterocycles. The molecule has 0 N–H and O–H groups in total. The van der Waals surface area contributed by atoms with Crippen molar-refractivity contribution >= 4 is 22.7 Å². The number of fused-ring (bicyclic) bond motifs is 2. The molecule has 3 aromatic rings. The molecule has 6 nitrogen and oxygen atoms in total. The van der Waals surface area contributed by atoms with Crippen LogP contribution < -0.4 is 9.80 Å². The van der Waals surface area contributed by atoms with Gasteiger partial charge in [-0.2, -0.15) is 0 Å². The number of para-hydroxylation sites is 2. The third kappa shape index (κ3) is 2.49. The molecule has 2 atom stereocenters. The smallest absolute Gasteiger partial charge is 0.147 e. The number of anilines is 2. The summed E-state index contributed by atoms with van der Waals surface area (Å²) in [6.45, 7) is 6.27. The van der Waals surface area contributed by atoms with Crippen LogP contribution in [0.4, 0.5) is 11.6 Å². The molecule has 5 rings (SSSR count). The number of hydrogen-bond acceptors (Lipinski definition) is 6. The van der Waals surface area contributed by atoms with E-state index in [9.17, 15) is 0 Å². The third-order valence-corrected chi connectivity index (χ3v) is 5.41. The second-order valence-electron chi connectivity index (χ2n) is 7.08. The van der Waals surface area contributed by atoms with Gasteiger partial charge in [0.25, 0.3) is 0 Å². The van der Waals surface area contributed by atoms with Gasteiger partial charge >= 0.3 is 0 Å². The van der Waals surface area contributed by atoms with E-state index < -0.39 is 0 Å². The molecule has 0 bridgehead atoms. The van der Waals surface area contributed by atoms with Gasteiger partial charge in [-0.25, -0.2) is 15.0 Å². The first-order valence-corrected chi connectivity index (χ1v) is 8.76. The second-order valence-corrected chi connectivity index (χ2v) is 7.08. The van der Waals surface area contributed by atoms with Crippen molar-refractivity contribution in [3.63, 3.8) is 0 Å². The molecule has 6 heteroatoms. The van der Waals surface area contributed by atoms with Gasteiger partial charge in [-0.1, -0.05) is 12.1 Å². The maximum atomic E-state index is 4.81. The van der Waals surface area contributed by atoms with Gasteiger partial charge in [0, 0.05) is 49.8 Å². The molecule has 0 amide bonds. The number of aryl methyl sites for hydroxylation is 1. The molecule has 2 saturated heterocycles. The molecule has 2 unspecified atom stereocenters. The van der Waals surface area contributed by atoms with Gasteiger partial charge in [0.2, 0.25) is 0 Å². The number of benzene rings is 1. The summed E-state index contributed by atoms with van der Waals surface area (Å²) >= 11 is 0. The van der Waals surface area contributed by atoms with Crippen molar-refractivity contribution in [1.82, 2.24) is 19.9 Å². The molecular formula is C19H20N6. The average Bonchev–Trinajstić information content (AvgIpc) is 3.21. The standard InChI is InChI=1S/C19H20N6/c1-13-6-20-12-22-19(13)25-10-14-8-24(9-15(14)11-25)18-7-21-16-4-2-3-5-17(16)23-18/h2-7,12,14-15H,8-11H2,1H3. The van der Waals surface area contributed by atoms with Crippen molar-refractivity contribution in [2.24, 2.45) is 11.8 Å². The van der Waals surface area contributed by atoms with Gasteiger partial charge in [-0.3, -0.25) is 4.98 Å². The lowest BCUT2D eigenvalue weighted by Crippen LogP contribution is -2.30. The first-order chi connectivity index (χ1) is 12.3. The molecule has 0 radical (unpaired) electrons. The molecule has 0 aliphatic carbocycles.